The Hall–Kier alpha value is -3.88. The van der Waals surface area contributed by atoms with Gasteiger partial charge in [-0.25, -0.2) is 0 Å². The number of ketones is 2. The first-order chi connectivity index (χ1) is 16.4. The molecule has 4 aromatic carbocycles. The van der Waals surface area contributed by atoms with Crippen molar-refractivity contribution < 1.29 is 19.8 Å². The van der Waals surface area contributed by atoms with Crippen LogP contribution in [0.2, 0.25) is 0 Å². The summed E-state index contributed by atoms with van der Waals surface area (Å²) in [6.07, 6.45) is 0. The van der Waals surface area contributed by atoms with Crippen molar-refractivity contribution in [2.45, 2.75) is 19.6 Å². The van der Waals surface area contributed by atoms with E-state index in [0.29, 0.717) is 9.79 Å². The number of nitrogen functional groups attached to an aromatic ring is 2. The molecule has 8 heteroatoms. The van der Waals surface area contributed by atoms with Crippen molar-refractivity contribution in [1.29, 1.82) is 0 Å². The van der Waals surface area contributed by atoms with Gasteiger partial charge in [-0.3, -0.25) is 9.59 Å². The summed E-state index contributed by atoms with van der Waals surface area (Å²) < 4.78 is 0. The number of phenolic OH excluding ortho intramolecular Hbond substituents is 2. The van der Waals surface area contributed by atoms with Crippen LogP contribution in [0.15, 0.2) is 92.4 Å². The van der Waals surface area contributed by atoms with E-state index in [1.54, 1.807) is 0 Å². The Labute approximate surface area is 203 Å². The number of fused-ring (bicyclic) bond motifs is 2. The molecule has 0 bridgehead atoms. The Kier molecular flexibility index (Phi) is 5.47. The molecule has 6 N–H and O–H groups in total. The molecule has 5 rings (SSSR count). The van der Waals surface area contributed by atoms with Gasteiger partial charge in [0.15, 0.2) is 0 Å². The highest BCUT2D eigenvalue weighted by atomic mass is 32.2. The lowest BCUT2D eigenvalue weighted by Crippen LogP contribution is -2.24. The van der Waals surface area contributed by atoms with Crippen molar-refractivity contribution in [1.82, 2.24) is 0 Å². The van der Waals surface area contributed by atoms with Crippen LogP contribution in [-0.2, 0) is 0 Å². The fourth-order valence-electron chi connectivity index (χ4n) is 3.90. The van der Waals surface area contributed by atoms with E-state index in [0.717, 1.165) is 9.79 Å². The molecule has 0 fully saturated rings. The number of nitrogens with two attached hydrogens (primary N) is 2. The highest BCUT2D eigenvalue weighted by Gasteiger charge is 2.39. The van der Waals surface area contributed by atoms with Gasteiger partial charge in [-0.2, -0.15) is 0 Å². The maximum absolute atomic E-state index is 13.5. The number of hydrogen-bond acceptors (Lipinski definition) is 8. The summed E-state index contributed by atoms with van der Waals surface area (Å²) in [4.78, 5) is 29.3. The maximum Gasteiger partial charge on any atom is 0.200 e. The largest absolute Gasteiger partial charge is 0.506 e. The molecule has 1 aliphatic rings. The molecule has 0 spiro atoms. The van der Waals surface area contributed by atoms with E-state index >= 15 is 0 Å². The standard InChI is InChI=1S/C26H18N2O4S2/c27-15-11-17(33-13-7-3-1-4-8-13)23(29)21-19(15)26(32)22-20(25(21)31)16(28)12-18(24(22)30)34-14-9-5-2-6-10-14/h1-12,29-30H,27-28H2. The summed E-state index contributed by atoms with van der Waals surface area (Å²) in [6.45, 7) is 0. The summed E-state index contributed by atoms with van der Waals surface area (Å²) in [5.74, 6) is -2.01. The van der Waals surface area contributed by atoms with Crippen LogP contribution in [0.25, 0.3) is 0 Å². The normalized spacial score (nSPS) is 12.4. The zero-order valence-electron chi connectivity index (χ0n) is 17.6. The Bertz CT molecular complexity index is 1360. The average molecular weight is 487 g/mol. The Morgan fingerprint density at radius 3 is 1.26 bits per heavy atom. The molecule has 34 heavy (non-hydrogen) atoms. The van der Waals surface area contributed by atoms with E-state index in [2.05, 4.69) is 0 Å². The van der Waals surface area contributed by atoms with Gasteiger partial charge in [-0.15, -0.1) is 0 Å². The first kappa shape index (κ1) is 21.9. The molecule has 6 nitrogen and oxygen atoms in total. The van der Waals surface area contributed by atoms with Crippen LogP contribution < -0.4 is 11.5 Å². The first-order valence-electron chi connectivity index (χ1n) is 10.2. The van der Waals surface area contributed by atoms with Crippen LogP contribution in [0.3, 0.4) is 0 Å². The van der Waals surface area contributed by atoms with Gasteiger partial charge in [-0.1, -0.05) is 59.9 Å². The highest BCUT2D eigenvalue weighted by molar-refractivity contribution is 7.99. The number of phenols is 2. The third-order valence-corrected chi connectivity index (χ3v) is 7.52. The second-order valence-corrected chi connectivity index (χ2v) is 9.84. The van der Waals surface area contributed by atoms with Crippen LogP contribution in [0, 0.1) is 0 Å². The van der Waals surface area contributed by atoms with Crippen LogP contribution in [0.4, 0.5) is 11.4 Å². The minimum absolute atomic E-state index is 0.0364. The van der Waals surface area contributed by atoms with E-state index < -0.39 is 11.6 Å². The number of benzene rings is 4. The third-order valence-electron chi connectivity index (χ3n) is 5.44. The highest BCUT2D eigenvalue weighted by Crippen LogP contribution is 2.48. The fourth-order valence-corrected chi connectivity index (χ4v) is 5.77. The van der Waals surface area contributed by atoms with Crippen LogP contribution >= 0.6 is 23.5 Å². The Morgan fingerprint density at radius 1 is 0.559 bits per heavy atom. The lowest BCUT2D eigenvalue weighted by molar-refractivity contribution is 0.0974. The monoisotopic (exact) mass is 486 g/mol. The maximum atomic E-state index is 13.5. The molecule has 0 amide bonds. The minimum Gasteiger partial charge on any atom is -0.506 e. The number of rotatable bonds is 4. The molecular formula is C26H18N2O4S2. The number of aromatic hydroxyl groups is 2. The second kappa shape index (κ2) is 8.48. The van der Waals surface area contributed by atoms with Crippen molar-refractivity contribution in [2.24, 2.45) is 0 Å². The van der Waals surface area contributed by atoms with E-state index in [4.69, 9.17) is 11.5 Å². The molecule has 4 aromatic rings. The first-order valence-corrected chi connectivity index (χ1v) is 11.9. The lowest BCUT2D eigenvalue weighted by atomic mass is 9.81. The second-order valence-electron chi connectivity index (χ2n) is 7.61. The van der Waals surface area contributed by atoms with Gasteiger partial charge in [0.25, 0.3) is 0 Å². The van der Waals surface area contributed by atoms with Crippen molar-refractivity contribution in [3.8, 4) is 11.5 Å². The molecule has 0 heterocycles. The predicted molar refractivity (Wildman–Crippen MR) is 133 cm³/mol. The predicted octanol–water partition coefficient (Wildman–Crippen LogP) is 5.34. The lowest BCUT2D eigenvalue weighted by Gasteiger charge is -2.24. The van der Waals surface area contributed by atoms with Gasteiger partial charge in [-0.05, 0) is 36.4 Å². The summed E-state index contributed by atoms with van der Waals surface area (Å²) in [5, 5.41) is 22.0. The number of carbonyl (C=O) groups is 2. The van der Waals surface area contributed by atoms with Gasteiger partial charge in [0.05, 0.1) is 32.0 Å². The van der Waals surface area contributed by atoms with E-state index in [1.165, 1.54) is 35.7 Å². The Balaban J connectivity index is 1.64. The van der Waals surface area contributed by atoms with E-state index in [1.807, 2.05) is 60.7 Å². The zero-order valence-corrected chi connectivity index (χ0v) is 19.2. The molecule has 0 aromatic heterocycles. The van der Waals surface area contributed by atoms with Crippen molar-refractivity contribution in [3.63, 3.8) is 0 Å². The fraction of sp³-hybridized carbons (Fsp3) is 0. The number of anilines is 2. The smallest absolute Gasteiger partial charge is 0.200 e. The SMILES string of the molecule is Nc1cc(Sc2ccccc2)c(O)c2c1C(=O)c1c(O)c(Sc3ccccc3)cc(N)c1C2=O. The van der Waals surface area contributed by atoms with E-state index in [-0.39, 0.29) is 45.1 Å². The molecule has 1 aliphatic carbocycles. The van der Waals surface area contributed by atoms with Crippen molar-refractivity contribution in [3.05, 3.63) is 95.1 Å². The van der Waals surface area contributed by atoms with Gasteiger partial charge >= 0.3 is 0 Å². The van der Waals surface area contributed by atoms with Gasteiger partial charge in [0, 0.05) is 21.2 Å². The van der Waals surface area contributed by atoms with E-state index in [9.17, 15) is 19.8 Å². The third kappa shape index (κ3) is 3.57. The number of carbonyl (C=O) groups excluding carboxylic acids is 2. The van der Waals surface area contributed by atoms with Crippen LogP contribution in [-0.4, -0.2) is 21.8 Å². The summed E-state index contributed by atoms with van der Waals surface area (Å²) >= 11 is 2.44. The minimum atomic E-state index is -0.659. The van der Waals surface area contributed by atoms with Gasteiger partial charge in [0.2, 0.25) is 11.6 Å². The molecule has 0 radical (unpaired) electrons. The molecule has 0 aliphatic heterocycles. The Morgan fingerprint density at radius 2 is 0.912 bits per heavy atom. The molecule has 0 saturated heterocycles. The van der Waals surface area contributed by atoms with Gasteiger partial charge < -0.3 is 21.7 Å². The summed E-state index contributed by atoms with van der Waals surface area (Å²) in [5.41, 5.74) is 11.8. The summed E-state index contributed by atoms with van der Waals surface area (Å²) in [6, 6.07) is 21.5. The van der Waals surface area contributed by atoms with Crippen LogP contribution in [0.1, 0.15) is 31.8 Å². The average Bonchev–Trinajstić information content (AvgIpc) is 2.83. The molecule has 0 atom stereocenters. The molecule has 168 valence electrons. The van der Waals surface area contributed by atoms with Gasteiger partial charge in [0.1, 0.15) is 11.5 Å². The van der Waals surface area contributed by atoms with Crippen molar-refractivity contribution >= 4 is 46.5 Å². The quantitative estimate of drug-likeness (QED) is 0.198. The molecule has 0 saturated carbocycles. The van der Waals surface area contributed by atoms with Crippen molar-refractivity contribution in [2.75, 3.05) is 11.5 Å². The van der Waals surface area contributed by atoms with Crippen LogP contribution in [0.5, 0.6) is 11.5 Å². The summed E-state index contributed by atoms with van der Waals surface area (Å²) in [7, 11) is 0. The topological polar surface area (TPSA) is 127 Å². The zero-order chi connectivity index (χ0) is 24.0. The molecular weight excluding hydrogens is 468 g/mol. The number of hydrogen-bond donors (Lipinski definition) is 4. The molecule has 0 unspecified atom stereocenters.